The summed E-state index contributed by atoms with van der Waals surface area (Å²) in [5.74, 6) is 0.666. The maximum Gasteiger partial charge on any atom is 0.394 e. The third-order valence-electron chi connectivity index (χ3n) is 4.88. The molecule has 0 saturated heterocycles. The fourth-order valence-electron chi connectivity index (χ4n) is 4.69. The van der Waals surface area contributed by atoms with E-state index in [1.807, 2.05) is 0 Å². The Hall–Kier alpha value is -1.59. The summed E-state index contributed by atoms with van der Waals surface area (Å²) in [6, 6.07) is 0.0827. The lowest BCUT2D eigenvalue weighted by Crippen LogP contribution is -2.53. The van der Waals surface area contributed by atoms with Gasteiger partial charge in [0.05, 0.1) is 0 Å². The van der Waals surface area contributed by atoms with Gasteiger partial charge < -0.3 is 14.4 Å². The molecule has 4 fully saturated rings. The smallest absolute Gasteiger partial charge is 0.394 e. The van der Waals surface area contributed by atoms with Gasteiger partial charge in [0, 0.05) is 0 Å². The van der Waals surface area contributed by atoms with Crippen LogP contribution in [0.25, 0.3) is 0 Å². The molecule has 0 atom stereocenters. The number of carboxylic acids is 1. The molecule has 0 aliphatic heterocycles. The van der Waals surface area contributed by atoms with Crippen LogP contribution in [0.3, 0.4) is 0 Å². The molecule has 1 heterocycles. The minimum Gasteiger partial charge on any atom is -0.474 e. The highest BCUT2D eigenvalue weighted by Crippen LogP contribution is 2.56. The molecular weight excluding hydrogens is 248 g/mol. The first-order valence-corrected chi connectivity index (χ1v) is 6.88. The average molecular weight is 264 g/mol. The summed E-state index contributed by atoms with van der Waals surface area (Å²) in [5, 5.41) is 12.4. The fourth-order valence-corrected chi connectivity index (χ4v) is 4.69. The number of hydrogen-bond acceptors (Lipinski definition) is 5. The zero-order chi connectivity index (χ0) is 13.0. The van der Waals surface area contributed by atoms with Crippen LogP contribution in [0.5, 0.6) is 6.01 Å². The summed E-state index contributed by atoms with van der Waals surface area (Å²) < 4.78 is 10.6. The average Bonchev–Trinajstić information content (AvgIpc) is 2.74. The summed E-state index contributed by atoms with van der Waals surface area (Å²) in [7, 11) is 0. The first kappa shape index (κ1) is 11.3. The van der Waals surface area contributed by atoms with Crippen LogP contribution in [0.2, 0.25) is 0 Å². The molecule has 0 amide bonds. The Morgan fingerprint density at radius 3 is 2.26 bits per heavy atom. The van der Waals surface area contributed by atoms with Crippen molar-refractivity contribution in [3.63, 3.8) is 0 Å². The van der Waals surface area contributed by atoms with Crippen LogP contribution in [0.4, 0.5) is 0 Å². The molecule has 0 unspecified atom stereocenters. The second-order valence-electron chi connectivity index (χ2n) is 6.39. The molecule has 4 bridgehead atoms. The molecule has 19 heavy (non-hydrogen) atoms. The lowest BCUT2D eigenvalue weighted by molar-refractivity contribution is -0.112. The van der Waals surface area contributed by atoms with Crippen LogP contribution >= 0.6 is 0 Å². The number of carbonyl (C=O) groups is 1. The molecule has 4 saturated carbocycles. The number of aromatic nitrogens is 2. The van der Waals surface area contributed by atoms with E-state index in [0.717, 1.165) is 37.0 Å². The van der Waals surface area contributed by atoms with Gasteiger partial charge in [0.15, 0.2) is 0 Å². The van der Waals surface area contributed by atoms with Gasteiger partial charge in [-0.2, -0.15) is 0 Å². The van der Waals surface area contributed by atoms with Gasteiger partial charge in [0.2, 0.25) is 0 Å². The number of carboxylic acid groups (broad SMARTS) is 1. The molecule has 5 rings (SSSR count). The Labute approximate surface area is 110 Å². The molecule has 1 aromatic rings. The maximum atomic E-state index is 10.7. The van der Waals surface area contributed by atoms with Crippen molar-refractivity contribution in [3.05, 3.63) is 5.89 Å². The molecular formula is C13H16N2O4. The van der Waals surface area contributed by atoms with Crippen LogP contribution in [-0.2, 0) is 0 Å². The zero-order valence-corrected chi connectivity index (χ0v) is 10.5. The van der Waals surface area contributed by atoms with Crippen molar-refractivity contribution in [2.75, 3.05) is 0 Å². The minimum atomic E-state index is -1.21. The molecule has 0 radical (unpaired) electrons. The standard InChI is InChI=1S/C13H16N2O4/c16-11(17)10-14-12(15-19-10)18-13-4-7-1-8(5-13)3-9(2-7)6-13/h7-9H,1-6H2,(H,16,17). The van der Waals surface area contributed by atoms with Crippen LogP contribution in [-0.4, -0.2) is 26.8 Å². The number of nitrogens with zero attached hydrogens (tertiary/aromatic N) is 2. The first-order valence-electron chi connectivity index (χ1n) is 6.88. The Morgan fingerprint density at radius 1 is 1.21 bits per heavy atom. The van der Waals surface area contributed by atoms with E-state index in [4.69, 9.17) is 9.84 Å². The van der Waals surface area contributed by atoms with E-state index in [1.165, 1.54) is 19.3 Å². The van der Waals surface area contributed by atoms with Crippen molar-refractivity contribution in [1.82, 2.24) is 10.1 Å². The number of hydrogen-bond donors (Lipinski definition) is 1. The molecule has 1 N–H and O–H groups in total. The second kappa shape index (κ2) is 3.71. The number of rotatable bonds is 3. The predicted octanol–water partition coefficient (Wildman–Crippen LogP) is 2.12. The highest BCUT2D eigenvalue weighted by atomic mass is 16.6. The fraction of sp³-hybridized carbons (Fsp3) is 0.769. The normalized spacial score (nSPS) is 39.5. The Kier molecular flexibility index (Phi) is 2.20. The predicted molar refractivity (Wildman–Crippen MR) is 62.8 cm³/mol. The van der Waals surface area contributed by atoms with Crippen molar-refractivity contribution >= 4 is 5.97 Å². The molecule has 0 spiro atoms. The molecule has 4 aliphatic rings. The SMILES string of the molecule is O=C(O)c1nc(OC23CC4CC(CC(C4)C2)C3)no1. The summed E-state index contributed by atoms with van der Waals surface area (Å²) in [6.45, 7) is 0. The van der Waals surface area contributed by atoms with Crippen molar-refractivity contribution < 1.29 is 19.2 Å². The molecule has 102 valence electrons. The van der Waals surface area contributed by atoms with Gasteiger partial charge in [0.25, 0.3) is 0 Å². The largest absolute Gasteiger partial charge is 0.474 e. The molecule has 4 aliphatic carbocycles. The summed E-state index contributed by atoms with van der Waals surface area (Å²) in [4.78, 5) is 14.5. The highest BCUT2D eigenvalue weighted by Gasteiger charge is 2.53. The molecule has 6 nitrogen and oxygen atoms in total. The second-order valence-corrected chi connectivity index (χ2v) is 6.39. The number of ether oxygens (including phenoxy) is 1. The lowest BCUT2D eigenvalue weighted by Gasteiger charge is -2.55. The topological polar surface area (TPSA) is 85.5 Å². The number of aromatic carboxylic acids is 1. The maximum absolute atomic E-state index is 10.7. The molecule has 1 aromatic heterocycles. The van der Waals surface area contributed by atoms with E-state index in [0.29, 0.717) is 0 Å². The highest BCUT2D eigenvalue weighted by molar-refractivity contribution is 5.81. The minimum absolute atomic E-state index is 0.0827. The lowest BCUT2D eigenvalue weighted by atomic mass is 9.54. The third-order valence-corrected chi connectivity index (χ3v) is 4.88. The van der Waals surface area contributed by atoms with Gasteiger partial charge in [-0.1, -0.05) is 0 Å². The Morgan fingerprint density at radius 2 is 1.79 bits per heavy atom. The van der Waals surface area contributed by atoms with Crippen LogP contribution in [0.1, 0.15) is 49.2 Å². The van der Waals surface area contributed by atoms with Crippen molar-refractivity contribution in [2.24, 2.45) is 17.8 Å². The summed E-state index contributed by atoms with van der Waals surface area (Å²) in [6.07, 6.45) is 7.14. The van der Waals surface area contributed by atoms with E-state index >= 15 is 0 Å². The summed E-state index contributed by atoms with van der Waals surface area (Å²) in [5.41, 5.74) is -0.172. The Bertz CT molecular complexity index is 489. The van der Waals surface area contributed by atoms with E-state index < -0.39 is 11.9 Å². The van der Waals surface area contributed by atoms with Crippen LogP contribution < -0.4 is 4.74 Å². The van der Waals surface area contributed by atoms with Gasteiger partial charge in [-0.15, -0.1) is 4.98 Å². The zero-order valence-electron chi connectivity index (χ0n) is 10.5. The molecule has 6 heteroatoms. The van der Waals surface area contributed by atoms with E-state index in [2.05, 4.69) is 14.7 Å². The first-order chi connectivity index (χ1) is 9.12. The van der Waals surface area contributed by atoms with Gasteiger partial charge in [-0.05, 0) is 61.4 Å². The van der Waals surface area contributed by atoms with Crippen molar-refractivity contribution in [3.8, 4) is 6.01 Å². The van der Waals surface area contributed by atoms with Gasteiger partial charge in [0.1, 0.15) is 5.60 Å². The van der Waals surface area contributed by atoms with E-state index in [9.17, 15) is 4.79 Å². The quantitative estimate of drug-likeness (QED) is 0.899. The van der Waals surface area contributed by atoms with Crippen molar-refractivity contribution in [2.45, 2.75) is 44.1 Å². The monoisotopic (exact) mass is 264 g/mol. The Balaban J connectivity index is 1.57. The van der Waals surface area contributed by atoms with Gasteiger partial charge >= 0.3 is 17.9 Å². The van der Waals surface area contributed by atoms with Crippen LogP contribution in [0.15, 0.2) is 4.52 Å². The van der Waals surface area contributed by atoms with E-state index in [1.54, 1.807) is 0 Å². The van der Waals surface area contributed by atoms with Gasteiger partial charge in [-0.25, -0.2) is 4.79 Å². The molecule has 0 aromatic carbocycles. The third kappa shape index (κ3) is 1.81. The van der Waals surface area contributed by atoms with Crippen LogP contribution in [0, 0.1) is 17.8 Å². The van der Waals surface area contributed by atoms with Gasteiger partial charge in [-0.3, -0.25) is 0 Å². The van der Waals surface area contributed by atoms with E-state index in [-0.39, 0.29) is 11.6 Å². The summed E-state index contributed by atoms with van der Waals surface area (Å²) >= 11 is 0. The van der Waals surface area contributed by atoms with Crippen molar-refractivity contribution in [1.29, 1.82) is 0 Å².